The number of aromatic nitrogens is 2. The lowest BCUT2D eigenvalue weighted by molar-refractivity contribution is 0.553. The van der Waals surface area contributed by atoms with Gasteiger partial charge < -0.3 is 5.73 Å². The predicted octanol–water partition coefficient (Wildman–Crippen LogP) is 3.99. The molecule has 1 unspecified atom stereocenters. The monoisotopic (exact) mass is 357 g/mol. The summed E-state index contributed by atoms with van der Waals surface area (Å²) in [6.45, 7) is 2.95. The zero-order chi connectivity index (χ0) is 14.5. The Bertz CT molecular complexity index is 573. The second-order valence-corrected chi connectivity index (χ2v) is 6.42. The number of hydrogen-bond acceptors (Lipinski definition) is 3. The van der Waals surface area contributed by atoms with Crippen molar-refractivity contribution in [3.63, 3.8) is 0 Å². The van der Waals surface area contributed by atoms with Crippen LogP contribution < -0.4 is 5.73 Å². The Morgan fingerprint density at radius 3 is 3.00 bits per heavy atom. The van der Waals surface area contributed by atoms with Crippen molar-refractivity contribution in [2.75, 3.05) is 5.75 Å². The minimum atomic E-state index is -0.222. The van der Waals surface area contributed by atoms with E-state index < -0.39 is 0 Å². The summed E-state index contributed by atoms with van der Waals surface area (Å²) in [7, 11) is 0. The summed E-state index contributed by atoms with van der Waals surface area (Å²) in [4.78, 5) is 0.887. The summed E-state index contributed by atoms with van der Waals surface area (Å²) in [6, 6.07) is 6.41. The first-order valence-electron chi connectivity index (χ1n) is 6.47. The van der Waals surface area contributed by atoms with Crippen LogP contribution in [0.4, 0.5) is 4.39 Å². The van der Waals surface area contributed by atoms with E-state index in [9.17, 15) is 4.39 Å². The Kier molecular flexibility index (Phi) is 5.63. The first kappa shape index (κ1) is 15.5. The minimum absolute atomic E-state index is 0.147. The summed E-state index contributed by atoms with van der Waals surface area (Å²) < 4.78 is 16.0. The largest absolute Gasteiger partial charge is 0.322 e. The van der Waals surface area contributed by atoms with E-state index >= 15 is 0 Å². The standard InChI is InChI=1S/C14H17BrFN3S/c1-2-6-19-14(12(15)8-18-19)13(17)9-20-11-5-3-4-10(16)7-11/h3-5,7-8,13H,2,6,9,17H2,1H3. The normalized spacial score (nSPS) is 12.6. The lowest BCUT2D eigenvalue weighted by Crippen LogP contribution is -2.19. The van der Waals surface area contributed by atoms with Crippen LogP contribution in [0.2, 0.25) is 0 Å². The van der Waals surface area contributed by atoms with Gasteiger partial charge in [0.2, 0.25) is 0 Å². The van der Waals surface area contributed by atoms with E-state index in [-0.39, 0.29) is 11.9 Å². The zero-order valence-corrected chi connectivity index (χ0v) is 13.6. The molecule has 0 aliphatic rings. The van der Waals surface area contributed by atoms with Gasteiger partial charge in [0.15, 0.2) is 0 Å². The molecule has 0 saturated heterocycles. The minimum Gasteiger partial charge on any atom is -0.322 e. The Hall–Kier alpha value is -0.850. The van der Waals surface area contributed by atoms with Gasteiger partial charge in [0, 0.05) is 17.2 Å². The van der Waals surface area contributed by atoms with Crippen LogP contribution in [-0.2, 0) is 6.54 Å². The van der Waals surface area contributed by atoms with Gasteiger partial charge in [-0.2, -0.15) is 5.10 Å². The first-order chi connectivity index (χ1) is 9.61. The molecule has 6 heteroatoms. The van der Waals surface area contributed by atoms with E-state index in [1.807, 2.05) is 10.7 Å². The summed E-state index contributed by atoms with van der Waals surface area (Å²) in [5, 5.41) is 4.32. The van der Waals surface area contributed by atoms with Gasteiger partial charge in [0.05, 0.1) is 22.4 Å². The van der Waals surface area contributed by atoms with Crippen molar-refractivity contribution >= 4 is 27.7 Å². The molecule has 108 valence electrons. The molecule has 0 spiro atoms. The molecular formula is C14H17BrFN3S. The molecule has 0 fully saturated rings. The van der Waals surface area contributed by atoms with Gasteiger partial charge in [-0.1, -0.05) is 13.0 Å². The maximum Gasteiger partial charge on any atom is 0.124 e. The average Bonchev–Trinajstić information content (AvgIpc) is 2.78. The number of aryl methyl sites for hydroxylation is 1. The van der Waals surface area contributed by atoms with Crippen LogP contribution in [0.5, 0.6) is 0 Å². The number of nitrogens with zero attached hydrogens (tertiary/aromatic N) is 2. The Morgan fingerprint density at radius 2 is 2.30 bits per heavy atom. The number of rotatable bonds is 6. The molecule has 1 heterocycles. The molecule has 0 aliphatic carbocycles. The second-order valence-electron chi connectivity index (χ2n) is 4.48. The Morgan fingerprint density at radius 1 is 1.50 bits per heavy atom. The zero-order valence-electron chi connectivity index (χ0n) is 11.2. The fourth-order valence-corrected chi connectivity index (χ4v) is 3.44. The van der Waals surface area contributed by atoms with E-state index in [1.165, 1.54) is 12.1 Å². The van der Waals surface area contributed by atoms with Crippen molar-refractivity contribution in [1.29, 1.82) is 0 Å². The molecule has 0 saturated carbocycles. The molecule has 2 N–H and O–H groups in total. The van der Waals surface area contributed by atoms with Gasteiger partial charge >= 0.3 is 0 Å². The maximum atomic E-state index is 13.1. The summed E-state index contributed by atoms with van der Waals surface area (Å²) in [6.07, 6.45) is 2.78. The van der Waals surface area contributed by atoms with Gasteiger partial charge in [-0.15, -0.1) is 11.8 Å². The number of nitrogens with two attached hydrogens (primary N) is 1. The van der Waals surface area contributed by atoms with Crippen LogP contribution in [0.15, 0.2) is 39.8 Å². The molecular weight excluding hydrogens is 341 g/mol. The van der Waals surface area contributed by atoms with E-state index in [4.69, 9.17) is 5.73 Å². The Balaban J connectivity index is 2.05. The number of halogens is 2. The molecule has 20 heavy (non-hydrogen) atoms. The summed E-state index contributed by atoms with van der Waals surface area (Å²) >= 11 is 5.04. The Labute approximate surface area is 130 Å². The third kappa shape index (κ3) is 3.84. The number of benzene rings is 1. The highest BCUT2D eigenvalue weighted by molar-refractivity contribution is 9.10. The van der Waals surface area contributed by atoms with Crippen LogP contribution >= 0.6 is 27.7 Å². The topological polar surface area (TPSA) is 43.8 Å². The summed E-state index contributed by atoms with van der Waals surface area (Å²) in [5.74, 6) is 0.457. The quantitative estimate of drug-likeness (QED) is 0.795. The molecule has 1 aromatic carbocycles. The molecule has 0 aliphatic heterocycles. The van der Waals surface area contributed by atoms with Gasteiger partial charge in [0.25, 0.3) is 0 Å². The molecule has 2 rings (SSSR count). The maximum absolute atomic E-state index is 13.1. The molecule has 1 aromatic heterocycles. The van der Waals surface area contributed by atoms with Gasteiger partial charge in [-0.05, 0) is 40.5 Å². The highest BCUT2D eigenvalue weighted by Crippen LogP contribution is 2.28. The molecule has 0 bridgehead atoms. The van der Waals surface area contributed by atoms with Crippen molar-refractivity contribution in [2.45, 2.75) is 30.8 Å². The van der Waals surface area contributed by atoms with Gasteiger partial charge in [-0.25, -0.2) is 4.39 Å². The third-order valence-corrected chi connectivity index (χ3v) is 4.57. The molecule has 0 amide bonds. The van der Waals surface area contributed by atoms with E-state index in [0.29, 0.717) is 5.75 Å². The highest BCUT2D eigenvalue weighted by Gasteiger charge is 2.16. The summed E-state index contributed by atoms with van der Waals surface area (Å²) in [5.41, 5.74) is 7.25. The molecule has 0 radical (unpaired) electrons. The lowest BCUT2D eigenvalue weighted by Gasteiger charge is -2.14. The van der Waals surface area contributed by atoms with E-state index in [0.717, 1.165) is 28.0 Å². The lowest BCUT2D eigenvalue weighted by atomic mass is 10.2. The van der Waals surface area contributed by atoms with Crippen molar-refractivity contribution < 1.29 is 4.39 Å². The third-order valence-electron chi connectivity index (χ3n) is 2.85. The first-order valence-corrected chi connectivity index (χ1v) is 8.24. The van der Waals surface area contributed by atoms with E-state index in [1.54, 1.807) is 24.0 Å². The second kappa shape index (κ2) is 7.24. The molecule has 1 atom stereocenters. The fourth-order valence-electron chi connectivity index (χ4n) is 1.95. The number of hydrogen-bond donors (Lipinski definition) is 1. The van der Waals surface area contributed by atoms with Crippen molar-refractivity contribution in [3.8, 4) is 0 Å². The van der Waals surface area contributed by atoms with Crippen molar-refractivity contribution in [1.82, 2.24) is 9.78 Å². The van der Waals surface area contributed by atoms with Gasteiger partial charge in [-0.3, -0.25) is 4.68 Å². The van der Waals surface area contributed by atoms with Crippen LogP contribution in [-0.4, -0.2) is 15.5 Å². The van der Waals surface area contributed by atoms with Crippen LogP contribution in [0.1, 0.15) is 25.1 Å². The SMILES string of the molecule is CCCn1ncc(Br)c1C(N)CSc1cccc(F)c1. The van der Waals surface area contributed by atoms with Gasteiger partial charge in [0.1, 0.15) is 5.82 Å². The predicted molar refractivity (Wildman–Crippen MR) is 84.3 cm³/mol. The number of thioether (sulfide) groups is 1. The van der Waals surface area contributed by atoms with Crippen molar-refractivity contribution in [2.24, 2.45) is 5.73 Å². The van der Waals surface area contributed by atoms with Crippen LogP contribution in [0.3, 0.4) is 0 Å². The van der Waals surface area contributed by atoms with Crippen LogP contribution in [0.25, 0.3) is 0 Å². The average molecular weight is 358 g/mol. The molecule has 3 nitrogen and oxygen atoms in total. The smallest absolute Gasteiger partial charge is 0.124 e. The highest BCUT2D eigenvalue weighted by atomic mass is 79.9. The van der Waals surface area contributed by atoms with Crippen LogP contribution in [0, 0.1) is 5.82 Å². The molecule has 2 aromatic rings. The van der Waals surface area contributed by atoms with Crippen molar-refractivity contribution in [3.05, 3.63) is 46.4 Å². The van der Waals surface area contributed by atoms with E-state index in [2.05, 4.69) is 28.0 Å². The fraction of sp³-hybridized carbons (Fsp3) is 0.357.